The number of rotatable bonds is 4. The van der Waals surface area contributed by atoms with Crippen molar-refractivity contribution in [1.29, 1.82) is 0 Å². The van der Waals surface area contributed by atoms with E-state index in [1.54, 1.807) is 0 Å². The van der Waals surface area contributed by atoms with E-state index in [-0.39, 0.29) is 0 Å². The molecule has 0 radical (unpaired) electrons. The van der Waals surface area contributed by atoms with E-state index in [4.69, 9.17) is 4.43 Å². The Labute approximate surface area is 106 Å². The molecule has 0 spiro atoms. The average molecular weight is 246 g/mol. The maximum atomic E-state index is 6.13. The molecule has 0 N–H and O–H groups in total. The molecule has 17 heavy (non-hydrogen) atoms. The van der Waals surface area contributed by atoms with Gasteiger partial charge in [-0.1, -0.05) is 42.0 Å². The van der Waals surface area contributed by atoms with Crippen LogP contribution in [0.25, 0.3) is 5.76 Å². The summed E-state index contributed by atoms with van der Waals surface area (Å²) in [7, 11) is -1.57. The van der Waals surface area contributed by atoms with Gasteiger partial charge >= 0.3 is 0 Å². The molecular formula is C15H22OSi. The first kappa shape index (κ1) is 13.8. The molecule has 0 aliphatic rings. The first-order valence-electron chi connectivity index (χ1n) is 5.98. The molecule has 1 aromatic rings. The molecular weight excluding hydrogens is 224 g/mol. The fourth-order valence-corrected chi connectivity index (χ4v) is 2.21. The summed E-state index contributed by atoms with van der Waals surface area (Å²) >= 11 is 0. The lowest BCUT2D eigenvalue weighted by atomic mass is 10.1. The van der Waals surface area contributed by atoms with Crippen LogP contribution in [0.1, 0.15) is 19.4 Å². The predicted molar refractivity (Wildman–Crippen MR) is 78.3 cm³/mol. The summed E-state index contributed by atoms with van der Waals surface area (Å²) in [4.78, 5) is 0. The molecule has 0 bridgehead atoms. The number of benzene rings is 1. The van der Waals surface area contributed by atoms with Crippen LogP contribution >= 0.6 is 0 Å². The van der Waals surface area contributed by atoms with Gasteiger partial charge in [-0.25, -0.2) is 0 Å². The van der Waals surface area contributed by atoms with Gasteiger partial charge in [-0.2, -0.15) is 0 Å². The molecule has 1 nitrogen and oxygen atoms in total. The van der Waals surface area contributed by atoms with E-state index >= 15 is 0 Å². The molecule has 0 saturated heterocycles. The molecule has 1 aromatic carbocycles. The van der Waals surface area contributed by atoms with E-state index in [1.807, 2.05) is 18.2 Å². The van der Waals surface area contributed by atoms with Gasteiger partial charge in [-0.3, -0.25) is 0 Å². The highest BCUT2D eigenvalue weighted by atomic mass is 28.4. The largest absolute Gasteiger partial charge is 0.544 e. The van der Waals surface area contributed by atoms with Crippen LogP contribution < -0.4 is 0 Å². The van der Waals surface area contributed by atoms with E-state index < -0.39 is 8.32 Å². The Balaban J connectivity index is 3.04. The van der Waals surface area contributed by atoms with E-state index in [0.29, 0.717) is 0 Å². The molecule has 0 amide bonds. The lowest BCUT2D eigenvalue weighted by Gasteiger charge is -2.22. The summed E-state index contributed by atoms with van der Waals surface area (Å²) in [5.74, 6) is 0.978. The summed E-state index contributed by atoms with van der Waals surface area (Å²) in [6.07, 6.45) is 4.17. The topological polar surface area (TPSA) is 9.23 Å². The Bertz CT molecular complexity index is 406. The highest BCUT2D eigenvalue weighted by Gasteiger charge is 2.18. The molecule has 0 heterocycles. The first-order valence-corrected chi connectivity index (χ1v) is 9.39. The van der Waals surface area contributed by atoms with E-state index in [0.717, 1.165) is 11.3 Å². The van der Waals surface area contributed by atoms with Crippen molar-refractivity contribution in [1.82, 2.24) is 0 Å². The molecule has 0 aliphatic carbocycles. The van der Waals surface area contributed by atoms with Crippen LogP contribution in [0, 0.1) is 0 Å². The van der Waals surface area contributed by atoms with Crippen LogP contribution in [0.15, 0.2) is 48.1 Å². The quantitative estimate of drug-likeness (QED) is 0.419. The van der Waals surface area contributed by atoms with Gasteiger partial charge in [-0.15, -0.1) is 0 Å². The van der Waals surface area contributed by atoms with Crippen molar-refractivity contribution in [2.75, 3.05) is 0 Å². The van der Waals surface area contributed by atoms with Crippen LogP contribution in [0.4, 0.5) is 0 Å². The number of hydrogen-bond acceptors (Lipinski definition) is 1. The molecule has 0 unspecified atom stereocenters. The minimum atomic E-state index is -1.57. The fourth-order valence-electron chi connectivity index (χ4n) is 1.36. The zero-order chi connectivity index (χ0) is 12.9. The normalized spacial score (nSPS) is 12.2. The van der Waals surface area contributed by atoms with Crippen molar-refractivity contribution in [3.05, 3.63) is 53.6 Å². The van der Waals surface area contributed by atoms with Crippen LogP contribution in [-0.4, -0.2) is 8.32 Å². The van der Waals surface area contributed by atoms with Crippen LogP contribution in [0.3, 0.4) is 0 Å². The SMILES string of the molecule is CC(C)=CC=C(O[Si](C)(C)C)c1ccccc1. The maximum Gasteiger partial charge on any atom is 0.242 e. The summed E-state index contributed by atoms with van der Waals surface area (Å²) in [6, 6.07) is 10.3. The number of allylic oxidation sites excluding steroid dienone is 3. The lowest BCUT2D eigenvalue weighted by molar-refractivity contribution is 0.514. The van der Waals surface area contributed by atoms with Gasteiger partial charge in [0.2, 0.25) is 8.32 Å². The van der Waals surface area contributed by atoms with Gasteiger partial charge in [-0.05, 0) is 39.6 Å². The Kier molecular flexibility index (Phi) is 4.76. The smallest absolute Gasteiger partial charge is 0.242 e. The first-order chi connectivity index (χ1) is 7.88. The van der Waals surface area contributed by atoms with Crippen molar-refractivity contribution >= 4 is 14.1 Å². The highest BCUT2D eigenvalue weighted by Crippen LogP contribution is 2.21. The Morgan fingerprint density at radius 3 is 2.06 bits per heavy atom. The third kappa shape index (κ3) is 5.55. The van der Waals surface area contributed by atoms with Crippen molar-refractivity contribution in [3.63, 3.8) is 0 Å². The molecule has 0 aliphatic heterocycles. The molecule has 0 atom stereocenters. The monoisotopic (exact) mass is 246 g/mol. The van der Waals surface area contributed by atoms with Gasteiger partial charge < -0.3 is 4.43 Å². The Morgan fingerprint density at radius 1 is 1.00 bits per heavy atom. The minimum absolute atomic E-state index is 0.978. The van der Waals surface area contributed by atoms with E-state index in [2.05, 4.69) is 57.8 Å². The second kappa shape index (κ2) is 5.87. The third-order valence-corrected chi connectivity index (χ3v) is 2.87. The van der Waals surface area contributed by atoms with Crippen molar-refractivity contribution in [2.24, 2.45) is 0 Å². The van der Waals surface area contributed by atoms with Gasteiger partial charge in [0, 0.05) is 5.56 Å². The van der Waals surface area contributed by atoms with E-state index in [9.17, 15) is 0 Å². The second-order valence-electron chi connectivity index (χ2n) is 5.36. The molecule has 2 heteroatoms. The maximum absolute atomic E-state index is 6.13. The predicted octanol–water partition coefficient (Wildman–Crippen LogP) is 4.85. The van der Waals surface area contributed by atoms with Crippen LogP contribution in [0.5, 0.6) is 0 Å². The Hall–Kier alpha value is -1.28. The van der Waals surface area contributed by atoms with Gasteiger partial charge in [0.15, 0.2) is 0 Å². The summed E-state index contributed by atoms with van der Waals surface area (Å²) in [6.45, 7) is 10.8. The minimum Gasteiger partial charge on any atom is -0.544 e. The molecule has 1 rings (SSSR count). The fraction of sp³-hybridized carbons (Fsp3) is 0.333. The van der Waals surface area contributed by atoms with Crippen LogP contribution in [-0.2, 0) is 4.43 Å². The highest BCUT2D eigenvalue weighted by molar-refractivity contribution is 6.70. The van der Waals surface area contributed by atoms with Crippen molar-refractivity contribution in [3.8, 4) is 0 Å². The standard InChI is InChI=1S/C15H22OSi/c1-13(2)11-12-15(16-17(3,4)5)14-9-7-6-8-10-14/h6-12H,1-5H3. The zero-order valence-corrected chi connectivity index (χ0v) is 12.4. The van der Waals surface area contributed by atoms with Gasteiger partial charge in [0.05, 0.1) is 0 Å². The molecule has 0 fully saturated rings. The van der Waals surface area contributed by atoms with Crippen LogP contribution in [0.2, 0.25) is 19.6 Å². The van der Waals surface area contributed by atoms with Crippen molar-refractivity contribution in [2.45, 2.75) is 33.5 Å². The van der Waals surface area contributed by atoms with Gasteiger partial charge in [0.25, 0.3) is 0 Å². The summed E-state index contributed by atoms with van der Waals surface area (Å²) < 4.78 is 6.13. The lowest BCUT2D eigenvalue weighted by Crippen LogP contribution is -2.24. The molecule has 0 saturated carbocycles. The zero-order valence-electron chi connectivity index (χ0n) is 11.4. The summed E-state index contributed by atoms with van der Waals surface area (Å²) in [5.41, 5.74) is 2.42. The third-order valence-electron chi connectivity index (χ3n) is 2.04. The second-order valence-corrected chi connectivity index (χ2v) is 9.78. The number of hydrogen-bond donors (Lipinski definition) is 0. The van der Waals surface area contributed by atoms with Gasteiger partial charge in [0.1, 0.15) is 5.76 Å². The van der Waals surface area contributed by atoms with Crippen molar-refractivity contribution < 1.29 is 4.43 Å². The Morgan fingerprint density at radius 2 is 1.59 bits per heavy atom. The molecule has 92 valence electrons. The average Bonchev–Trinajstić information content (AvgIpc) is 2.24. The molecule has 0 aromatic heterocycles. The summed E-state index contributed by atoms with van der Waals surface area (Å²) in [5, 5.41) is 0. The van der Waals surface area contributed by atoms with E-state index in [1.165, 1.54) is 5.57 Å².